The molecule has 7 heteroatoms. The highest BCUT2D eigenvalue weighted by Gasteiger charge is 2.24. The Hall–Kier alpha value is -3.09. The van der Waals surface area contributed by atoms with Crippen molar-refractivity contribution < 1.29 is 8.42 Å². The molecule has 0 unspecified atom stereocenters. The number of hydrogen-bond donors (Lipinski definition) is 1. The van der Waals surface area contributed by atoms with Crippen molar-refractivity contribution in [2.75, 3.05) is 4.72 Å². The first-order chi connectivity index (χ1) is 14.0. The molecular formula is C22H18ClN3O2S. The Bertz CT molecular complexity index is 1220. The number of halogens is 1. The summed E-state index contributed by atoms with van der Waals surface area (Å²) in [6.07, 6.45) is 1.56. The van der Waals surface area contributed by atoms with Crippen LogP contribution in [0.2, 0.25) is 5.02 Å². The van der Waals surface area contributed by atoms with Crippen LogP contribution in [0, 0.1) is 0 Å². The van der Waals surface area contributed by atoms with Crippen molar-refractivity contribution in [3.63, 3.8) is 0 Å². The van der Waals surface area contributed by atoms with Crippen LogP contribution in [0.5, 0.6) is 0 Å². The molecule has 4 aromatic rings. The van der Waals surface area contributed by atoms with Crippen LogP contribution in [0.15, 0.2) is 96.0 Å². The Balaban J connectivity index is 1.76. The molecule has 0 fully saturated rings. The van der Waals surface area contributed by atoms with E-state index in [4.69, 9.17) is 11.6 Å². The molecule has 0 saturated carbocycles. The van der Waals surface area contributed by atoms with Crippen LogP contribution in [0.4, 0.5) is 5.69 Å². The summed E-state index contributed by atoms with van der Waals surface area (Å²) in [5.74, 6) is 0. The van der Waals surface area contributed by atoms with Crippen molar-refractivity contribution in [1.82, 2.24) is 9.78 Å². The Labute approximate surface area is 174 Å². The number of hydrogen-bond acceptors (Lipinski definition) is 3. The maximum atomic E-state index is 13.2. The molecule has 0 amide bonds. The van der Waals surface area contributed by atoms with Crippen LogP contribution >= 0.6 is 11.6 Å². The lowest BCUT2D eigenvalue weighted by molar-refractivity contribution is 0.601. The predicted octanol–water partition coefficient (Wildman–Crippen LogP) is 5.05. The second-order valence-electron chi connectivity index (χ2n) is 6.51. The van der Waals surface area contributed by atoms with Gasteiger partial charge in [-0.15, -0.1) is 0 Å². The van der Waals surface area contributed by atoms with E-state index in [2.05, 4.69) is 9.82 Å². The summed E-state index contributed by atoms with van der Waals surface area (Å²) in [4.78, 5) is 0.111. The molecular weight excluding hydrogens is 406 g/mol. The largest absolute Gasteiger partial charge is 0.279 e. The molecule has 0 radical (unpaired) electrons. The van der Waals surface area contributed by atoms with E-state index in [9.17, 15) is 8.42 Å². The molecule has 3 aromatic carbocycles. The number of benzene rings is 3. The molecule has 0 aliphatic carbocycles. The Morgan fingerprint density at radius 3 is 2.28 bits per heavy atom. The van der Waals surface area contributed by atoms with E-state index >= 15 is 0 Å². The van der Waals surface area contributed by atoms with E-state index in [1.807, 2.05) is 60.7 Å². The molecule has 0 atom stereocenters. The van der Waals surface area contributed by atoms with Gasteiger partial charge in [-0.25, -0.2) is 8.42 Å². The normalized spacial score (nSPS) is 11.3. The van der Waals surface area contributed by atoms with Crippen LogP contribution < -0.4 is 4.72 Å². The zero-order chi connectivity index (χ0) is 20.3. The first-order valence-electron chi connectivity index (χ1n) is 8.96. The fourth-order valence-electron chi connectivity index (χ4n) is 3.01. The summed E-state index contributed by atoms with van der Waals surface area (Å²) in [6, 6.07) is 25.6. The Kier molecular flexibility index (Phi) is 5.38. The SMILES string of the molecule is O=S(=O)(Nc1cccc(Cl)c1)c1cn(Cc2ccccc2)nc1-c1ccccc1. The summed E-state index contributed by atoms with van der Waals surface area (Å²) >= 11 is 5.99. The maximum absolute atomic E-state index is 13.2. The van der Waals surface area contributed by atoms with Gasteiger partial charge in [0.2, 0.25) is 0 Å². The van der Waals surface area contributed by atoms with Crippen molar-refractivity contribution in [2.24, 2.45) is 0 Å². The average Bonchev–Trinajstić information content (AvgIpc) is 3.14. The maximum Gasteiger partial charge on any atom is 0.265 e. The van der Waals surface area contributed by atoms with Crippen molar-refractivity contribution in [3.8, 4) is 11.3 Å². The summed E-state index contributed by atoms with van der Waals surface area (Å²) in [5.41, 5.74) is 2.55. The van der Waals surface area contributed by atoms with Gasteiger partial charge in [-0.05, 0) is 23.8 Å². The van der Waals surface area contributed by atoms with Crippen LogP contribution in [-0.4, -0.2) is 18.2 Å². The van der Waals surface area contributed by atoms with Gasteiger partial charge in [0.25, 0.3) is 10.0 Å². The second-order valence-corrected chi connectivity index (χ2v) is 8.59. The van der Waals surface area contributed by atoms with E-state index in [1.54, 1.807) is 35.1 Å². The van der Waals surface area contributed by atoms with Gasteiger partial charge >= 0.3 is 0 Å². The summed E-state index contributed by atoms with van der Waals surface area (Å²) in [5, 5.41) is 5.02. The molecule has 0 spiro atoms. The van der Waals surface area contributed by atoms with E-state index in [0.717, 1.165) is 11.1 Å². The monoisotopic (exact) mass is 423 g/mol. The van der Waals surface area contributed by atoms with Gasteiger partial charge in [0, 0.05) is 16.8 Å². The number of aromatic nitrogens is 2. The number of sulfonamides is 1. The number of nitrogens with zero attached hydrogens (tertiary/aromatic N) is 2. The molecule has 1 aromatic heterocycles. The standard InChI is InChI=1S/C22H18ClN3O2S/c23-19-12-7-13-20(14-19)25-29(27,28)21-16-26(15-17-8-3-1-4-9-17)24-22(21)18-10-5-2-6-11-18/h1-14,16,25H,15H2. The fraction of sp³-hybridized carbons (Fsp3) is 0.0455. The van der Waals surface area contributed by atoms with E-state index in [-0.39, 0.29) is 4.90 Å². The summed E-state index contributed by atoms with van der Waals surface area (Å²) < 4.78 is 30.6. The zero-order valence-corrected chi connectivity index (χ0v) is 16.9. The van der Waals surface area contributed by atoms with Crippen LogP contribution in [0.1, 0.15) is 5.56 Å². The molecule has 29 heavy (non-hydrogen) atoms. The molecule has 1 N–H and O–H groups in total. The molecule has 0 bridgehead atoms. The highest BCUT2D eigenvalue weighted by molar-refractivity contribution is 7.92. The van der Waals surface area contributed by atoms with Crippen LogP contribution in [0.25, 0.3) is 11.3 Å². The molecule has 5 nitrogen and oxygen atoms in total. The lowest BCUT2D eigenvalue weighted by Crippen LogP contribution is -2.13. The summed E-state index contributed by atoms with van der Waals surface area (Å²) in [6.45, 7) is 0.466. The minimum Gasteiger partial charge on any atom is -0.279 e. The second kappa shape index (κ2) is 8.11. The van der Waals surface area contributed by atoms with Crippen molar-refractivity contribution in [2.45, 2.75) is 11.4 Å². The van der Waals surface area contributed by atoms with E-state index in [0.29, 0.717) is 22.9 Å². The fourth-order valence-corrected chi connectivity index (χ4v) is 4.42. The highest BCUT2D eigenvalue weighted by atomic mass is 35.5. The third-order valence-electron chi connectivity index (χ3n) is 4.33. The first kappa shape index (κ1) is 19.2. The molecule has 0 saturated heterocycles. The molecule has 4 rings (SSSR count). The Morgan fingerprint density at radius 2 is 1.59 bits per heavy atom. The topological polar surface area (TPSA) is 64.0 Å². The van der Waals surface area contributed by atoms with Gasteiger partial charge in [-0.1, -0.05) is 78.3 Å². The lowest BCUT2D eigenvalue weighted by atomic mass is 10.2. The number of anilines is 1. The highest BCUT2D eigenvalue weighted by Crippen LogP contribution is 2.28. The molecule has 146 valence electrons. The minimum absolute atomic E-state index is 0.111. The van der Waals surface area contributed by atoms with Crippen molar-refractivity contribution in [3.05, 3.63) is 102 Å². The van der Waals surface area contributed by atoms with Crippen LogP contribution in [0.3, 0.4) is 0 Å². The third-order valence-corrected chi connectivity index (χ3v) is 5.95. The predicted molar refractivity (Wildman–Crippen MR) is 115 cm³/mol. The van der Waals surface area contributed by atoms with Gasteiger partial charge in [-0.3, -0.25) is 9.40 Å². The summed E-state index contributed by atoms with van der Waals surface area (Å²) in [7, 11) is -3.87. The van der Waals surface area contributed by atoms with E-state index < -0.39 is 10.0 Å². The van der Waals surface area contributed by atoms with Crippen molar-refractivity contribution >= 4 is 27.3 Å². The third kappa shape index (κ3) is 4.50. The van der Waals surface area contributed by atoms with Gasteiger partial charge in [0.1, 0.15) is 10.6 Å². The minimum atomic E-state index is -3.87. The quantitative estimate of drug-likeness (QED) is 0.471. The van der Waals surface area contributed by atoms with Gasteiger partial charge in [-0.2, -0.15) is 5.10 Å². The average molecular weight is 424 g/mol. The lowest BCUT2D eigenvalue weighted by Gasteiger charge is -2.08. The van der Waals surface area contributed by atoms with Gasteiger partial charge < -0.3 is 0 Å². The number of rotatable bonds is 6. The zero-order valence-electron chi connectivity index (χ0n) is 15.4. The Morgan fingerprint density at radius 1 is 0.897 bits per heavy atom. The van der Waals surface area contributed by atoms with Crippen molar-refractivity contribution in [1.29, 1.82) is 0 Å². The van der Waals surface area contributed by atoms with E-state index in [1.165, 1.54) is 0 Å². The van der Waals surface area contributed by atoms with Crippen LogP contribution in [-0.2, 0) is 16.6 Å². The molecule has 0 aliphatic heterocycles. The molecule has 1 heterocycles. The van der Waals surface area contributed by atoms with Gasteiger partial charge in [0.05, 0.1) is 12.2 Å². The first-order valence-corrected chi connectivity index (χ1v) is 10.8. The molecule has 0 aliphatic rings. The smallest absolute Gasteiger partial charge is 0.265 e. The van der Waals surface area contributed by atoms with Gasteiger partial charge in [0.15, 0.2) is 0 Å². The number of nitrogens with one attached hydrogen (secondary N) is 1.